The van der Waals surface area contributed by atoms with Crippen molar-refractivity contribution in [1.82, 2.24) is 0 Å². The molecule has 1 aliphatic heterocycles. The summed E-state index contributed by atoms with van der Waals surface area (Å²) in [5, 5.41) is 10.4. The smallest absolute Gasteiger partial charge is 0.275 e. The van der Waals surface area contributed by atoms with Gasteiger partial charge < -0.3 is 9.64 Å². The topological polar surface area (TPSA) is 55.6 Å². The van der Waals surface area contributed by atoms with Crippen LogP contribution in [-0.2, 0) is 4.74 Å². The number of hydrogen-bond donors (Lipinski definition) is 0. The van der Waals surface area contributed by atoms with Gasteiger partial charge in [0.25, 0.3) is 5.69 Å². The fourth-order valence-corrected chi connectivity index (χ4v) is 1.75. The van der Waals surface area contributed by atoms with Crippen LogP contribution in [0.3, 0.4) is 0 Å². The Balaban J connectivity index is 0.000000861. The van der Waals surface area contributed by atoms with E-state index < -0.39 is 22.2 Å². The van der Waals surface area contributed by atoms with Crippen LogP contribution in [0.25, 0.3) is 0 Å². The van der Waals surface area contributed by atoms with Crippen LogP contribution in [-0.4, -0.2) is 31.2 Å². The molecule has 106 valence electrons. The van der Waals surface area contributed by atoms with Gasteiger partial charge in [-0.3, -0.25) is 10.1 Å². The molecule has 0 saturated carbocycles. The summed E-state index contributed by atoms with van der Waals surface area (Å²) in [6.45, 7) is 5.50. The normalized spacial score (nSPS) is 14.6. The fraction of sp³-hybridized carbons (Fsp3) is 0.500. The average Bonchev–Trinajstić information content (AvgIpc) is 2.41. The maximum Gasteiger partial charge on any atom is 0.275 e. The minimum absolute atomic E-state index is 0.223. The van der Waals surface area contributed by atoms with Crippen molar-refractivity contribution in [1.29, 1.82) is 0 Å². The molecule has 1 fully saturated rings. The number of hydrogen-bond acceptors (Lipinski definition) is 4. The van der Waals surface area contributed by atoms with E-state index in [1.807, 2.05) is 13.8 Å². The quantitative estimate of drug-likeness (QED) is 0.614. The lowest BCUT2D eigenvalue weighted by atomic mass is 10.2. The molecular formula is C12H16F2N2O3. The van der Waals surface area contributed by atoms with Crippen molar-refractivity contribution < 1.29 is 18.4 Å². The zero-order valence-corrected chi connectivity index (χ0v) is 10.9. The highest BCUT2D eigenvalue weighted by atomic mass is 19.1. The van der Waals surface area contributed by atoms with E-state index in [0.717, 1.165) is 12.1 Å². The average molecular weight is 274 g/mol. The Morgan fingerprint density at radius 3 is 2.11 bits per heavy atom. The van der Waals surface area contributed by atoms with Crippen LogP contribution in [0.2, 0.25) is 0 Å². The number of halogens is 2. The molecule has 7 heteroatoms. The first-order valence-electron chi connectivity index (χ1n) is 6.05. The van der Waals surface area contributed by atoms with Gasteiger partial charge in [-0.15, -0.1) is 0 Å². The van der Waals surface area contributed by atoms with Crippen LogP contribution in [0.4, 0.5) is 20.2 Å². The maximum absolute atomic E-state index is 13.6. The molecule has 2 rings (SSSR count). The summed E-state index contributed by atoms with van der Waals surface area (Å²) in [6.07, 6.45) is 0. The summed E-state index contributed by atoms with van der Waals surface area (Å²) >= 11 is 0. The Morgan fingerprint density at radius 1 is 1.21 bits per heavy atom. The predicted octanol–water partition coefficient (Wildman–Crippen LogP) is 2.74. The van der Waals surface area contributed by atoms with Crippen molar-refractivity contribution in [3.63, 3.8) is 0 Å². The highest BCUT2D eigenvalue weighted by Crippen LogP contribution is 2.28. The van der Waals surface area contributed by atoms with Crippen LogP contribution in [0, 0.1) is 21.7 Å². The zero-order valence-electron chi connectivity index (χ0n) is 10.9. The number of nitrogens with zero attached hydrogens (tertiary/aromatic N) is 2. The summed E-state index contributed by atoms with van der Waals surface area (Å²) in [4.78, 5) is 11.1. The van der Waals surface area contributed by atoms with Crippen molar-refractivity contribution >= 4 is 11.4 Å². The van der Waals surface area contributed by atoms with Crippen LogP contribution >= 0.6 is 0 Å². The van der Waals surface area contributed by atoms with Crippen molar-refractivity contribution in [2.75, 3.05) is 31.2 Å². The third-order valence-corrected chi connectivity index (χ3v) is 2.54. The second kappa shape index (κ2) is 6.98. The first-order chi connectivity index (χ1) is 9.09. The molecule has 0 aromatic heterocycles. The van der Waals surface area contributed by atoms with Gasteiger partial charge in [-0.2, -0.15) is 0 Å². The number of rotatable bonds is 2. The number of nitro groups is 1. The summed E-state index contributed by atoms with van der Waals surface area (Å²) in [7, 11) is 0. The molecule has 0 radical (unpaired) electrons. The van der Waals surface area contributed by atoms with Crippen LogP contribution in [0.15, 0.2) is 12.1 Å². The summed E-state index contributed by atoms with van der Waals surface area (Å²) in [6, 6.07) is 1.46. The molecule has 0 unspecified atom stereocenters. The van der Waals surface area contributed by atoms with Crippen LogP contribution in [0.5, 0.6) is 0 Å². The number of nitro benzene ring substituents is 1. The van der Waals surface area contributed by atoms with E-state index in [1.54, 1.807) is 0 Å². The van der Waals surface area contributed by atoms with E-state index in [-0.39, 0.29) is 5.69 Å². The standard InChI is InChI=1S/C10H10F2N2O3.C2H6/c11-8-5-7(14(15)16)6-9(12)10(8)13-1-3-17-4-2-13;1-2/h5-6H,1-4H2;1-2H3. The lowest BCUT2D eigenvalue weighted by molar-refractivity contribution is -0.385. The highest BCUT2D eigenvalue weighted by Gasteiger charge is 2.22. The molecule has 5 nitrogen and oxygen atoms in total. The van der Waals surface area contributed by atoms with E-state index in [2.05, 4.69) is 0 Å². The van der Waals surface area contributed by atoms with E-state index in [0.29, 0.717) is 26.3 Å². The summed E-state index contributed by atoms with van der Waals surface area (Å²) in [5.74, 6) is -1.84. The lowest BCUT2D eigenvalue weighted by Crippen LogP contribution is -2.37. The number of ether oxygens (including phenoxy) is 1. The molecule has 1 aromatic rings. The Morgan fingerprint density at radius 2 is 1.68 bits per heavy atom. The minimum atomic E-state index is -0.918. The molecule has 0 bridgehead atoms. The van der Waals surface area contributed by atoms with Gasteiger partial charge in [-0.1, -0.05) is 13.8 Å². The Bertz CT molecular complexity index is 426. The molecule has 19 heavy (non-hydrogen) atoms. The fourth-order valence-electron chi connectivity index (χ4n) is 1.75. The van der Waals surface area contributed by atoms with Gasteiger partial charge >= 0.3 is 0 Å². The van der Waals surface area contributed by atoms with Crippen molar-refractivity contribution in [2.45, 2.75) is 13.8 Å². The molecule has 1 saturated heterocycles. The second-order valence-electron chi connectivity index (χ2n) is 3.61. The van der Waals surface area contributed by atoms with Gasteiger partial charge in [-0.25, -0.2) is 8.78 Å². The molecule has 0 aliphatic carbocycles. The summed E-state index contributed by atoms with van der Waals surface area (Å²) < 4.78 is 32.3. The Hall–Kier alpha value is -1.76. The number of non-ortho nitro benzene ring substituents is 1. The Kier molecular flexibility index (Phi) is 5.62. The van der Waals surface area contributed by atoms with Gasteiger partial charge in [0.05, 0.1) is 30.3 Å². The molecule has 1 aliphatic rings. The van der Waals surface area contributed by atoms with E-state index in [1.165, 1.54) is 4.90 Å². The minimum Gasteiger partial charge on any atom is -0.378 e. The molecule has 0 N–H and O–H groups in total. The third kappa shape index (κ3) is 3.60. The van der Waals surface area contributed by atoms with Crippen molar-refractivity contribution in [2.24, 2.45) is 0 Å². The first kappa shape index (κ1) is 15.3. The predicted molar refractivity (Wildman–Crippen MR) is 67.4 cm³/mol. The molecule has 1 aromatic carbocycles. The third-order valence-electron chi connectivity index (χ3n) is 2.54. The van der Waals surface area contributed by atoms with Crippen LogP contribution in [0.1, 0.15) is 13.8 Å². The molecular weight excluding hydrogens is 258 g/mol. The number of anilines is 1. The molecule has 1 heterocycles. The van der Waals surface area contributed by atoms with Gasteiger partial charge in [-0.05, 0) is 0 Å². The van der Waals surface area contributed by atoms with E-state index in [9.17, 15) is 18.9 Å². The largest absolute Gasteiger partial charge is 0.378 e. The number of morpholine rings is 1. The van der Waals surface area contributed by atoms with Crippen LogP contribution < -0.4 is 4.90 Å². The SMILES string of the molecule is CC.O=[N+]([O-])c1cc(F)c(N2CCOCC2)c(F)c1. The monoisotopic (exact) mass is 274 g/mol. The van der Waals surface area contributed by atoms with E-state index in [4.69, 9.17) is 4.74 Å². The van der Waals surface area contributed by atoms with Crippen molar-refractivity contribution in [3.8, 4) is 0 Å². The van der Waals surface area contributed by atoms with Gasteiger partial charge in [0.2, 0.25) is 0 Å². The van der Waals surface area contributed by atoms with Gasteiger partial charge in [0.15, 0.2) is 11.6 Å². The first-order valence-corrected chi connectivity index (χ1v) is 6.05. The van der Waals surface area contributed by atoms with E-state index >= 15 is 0 Å². The maximum atomic E-state index is 13.6. The molecule has 0 amide bonds. The molecule has 0 spiro atoms. The summed E-state index contributed by atoms with van der Waals surface area (Å²) in [5.41, 5.74) is -0.809. The molecule has 0 atom stereocenters. The van der Waals surface area contributed by atoms with Gasteiger partial charge in [0, 0.05) is 13.1 Å². The van der Waals surface area contributed by atoms with Gasteiger partial charge in [0.1, 0.15) is 5.69 Å². The highest BCUT2D eigenvalue weighted by molar-refractivity contribution is 5.54. The second-order valence-corrected chi connectivity index (χ2v) is 3.61. The zero-order chi connectivity index (χ0) is 14.4. The lowest BCUT2D eigenvalue weighted by Gasteiger charge is -2.29. The Labute approximate surface area is 109 Å². The van der Waals surface area contributed by atoms with Crippen molar-refractivity contribution in [3.05, 3.63) is 33.9 Å². The number of benzene rings is 1.